The molecule has 1 aliphatic heterocycles. The number of pyridine rings is 1. The van der Waals surface area contributed by atoms with Crippen LogP contribution in [0.25, 0.3) is 11.3 Å². The van der Waals surface area contributed by atoms with Crippen LogP contribution in [0.2, 0.25) is 0 Å². The molecule has 0 bridgehead atoms. The smallest absolute Gasteiger partial charge is 0.185 e. The summed E-state index contributed by atoms with van der Waals surface area (Å²) in [7, 11) is 0. The molecule has 2 aromatic rings. The molecule has 0 saturated heterocycles. The molecule has 1 aromatic heterocycles. The molecule has 0 atom stereocenters. The number of fused-ring (bicyclic) bond motifs is 2. The van der Waals surface area contributed by atoms with E-state index in [9.17, 15) is 4.79 Å². The summed E-state index contributed by atoms with van der Waals surface area (Å²) < 4.78 is 7.76. The molecule has 2 aliphatic rings. The summed E-state index contributed by atoms with van der Waals surface area (Å²) in [5, 5.41) is 0. The van der Waals surface area contributed by atoms with Gasteiger partial charge < -0.3 is 9.30 Å². The number of hydrogen-bond acceptors (Lipinski definition) is 2. The van der Waals surface area contributed by atoms with Crippen molar-refractivity contribution in [2.24, 2.45) is 0 Å². The number of ether oxygens (including phenoxy) is 1. The van der Waals surface area contributed by atoms with E-state index in [-0.39, 0.29) is 5.43 Å². The van der Waals surface area contributed by atoms with E-state index in [0.717, 1.165) is 28.3 Å². The van der Waals surface area contributed by atoms with E-state index in [2.05, 4.69) is 0 Å². The van der Waals surface area contributed by atoms with Crippen molar-refractivity contribution in [2.45, 2.75) is 6.42 Å². The number of aromatic nitrogens is 1. The predicted molar refractivity (Wildman–Crippen MR) is 73.5 cm³/mol. The Morgan fingerprint density at radius 2 is 2.05 bits per heavy atom. The second kappa shape index (κ2) is 3.72. The number of benzene rings is 1. The molecule has 0 amide bonds. The molecular formula is C16H11NO2. The van der Waals surface area contributed by atoms with Crippen molar-refractivity contribution in [3.63, 3.8) is 0 Å². The molecule has 0 radical (unpaired) electrons. The van der Waals surface area contributed by atoms with E-state index in [4.69, 9.17) is 4.74 Å². The van der Waals surface area contributed by atoms with Crippen LogP contribution in [0.1, 0.15) is 11.3 Å². The van der Waals surface area contributed by atoms with Gasteiger partial charge in [-0.25, -0.2) is 0 Å². The van der Waals surface area contributed by atoms with E-state index in [1.54, 1.807) is 12.3 Å². The van der Waals surface area contributed by atoms with Gasteiger partial charge in [-0.1, -0.05) is 24.3 Å². The van der Waals surface area contributed by atoms with Gasteiger partial charge in [-0.3, -0.25) is 4.79 Å². The molecule has 92 valence electrons. The highest BCUT2D eigenvalue weighted by molar-refractivity contribution is 5.78. The largest absolute Gasteiger partial charge is 0.462 e. The number of allylic oxidation sites excluding steroid dienone is 3. The lowest BCUT2D eigenvalue weighted by atomic mass is 9.97. The van der Waals surface area contributed by atoms with Gasteiger partial charge >= 0.3 is 0 Å². The number of nitrogens with zero attached hydrogens (tertiary/aromatic N) is 1. The number of rotatable bonds is 0. The van der Waals surface area contributed by atoms with Gasteiger partial charge in [0.1, 0.15) is 6.26 Å². The van der Waals surface area contributed by atoms with Gasteiger partial charge in [0.25, 0.3) is 0 Å². The van der Waals surface area contributed by atoms with Crippen molar-refractivity contribution in [3.8, 4) is 11.4 Å². The maximum atomic E-state index is 12.0. The highest BCUT2D eigenvalue weighted by Gasteiger charge is 2.21. The fourth-order valence-corrected chi connectivity index (χ4v) is 2.65. The van der Waals surface area contributed by atoms with E-state index in [1.165, 1.54) is 0 Å². The molecule has 19 heavy (non-hydrogen) atoms. The molecule has 0 spiro atoms. The summed E-state index contributed by atoms with van der Waals surface area (Å²) >= 11 is 0. The Hall–Kier alpha value is -2.55. The minimum Gasteiger partial charge on any atom is -0.462 e. The first-order valence-electron chi connectivity index (χ1n) is 6.22. The van der Waals surface area contributed by atoms with E-state index >= 15 is 0 Å². The van der Waals surface area contributed by atoms with Crippen LogP contribution in [-0.4, -0.2) is 4.57 Å². The van der Waals surface area contributed by atoms with Gasteiger partial charge in [0.15, 0.2) is 11.2 Å². The third-order valence-corrected chi connectivity index (χ3v) is 3.53. The SMILES string of the molecule is O=c1ccn2c3c1CC=CC3=COc1ccccc1-2. The first kappa shape index (κ1) is 10.4. The Kier molecular flexibility index (Phi) is 2.03. The molecule has 0 saturated carbocycles. The predicted octanol–water partition coefficient (Wildman–Crippen LogP) is 2.68. The lowest BCUT2D eigenvalue weighted by molar-refractivity contribution is 0.484. The second-order valence-electron chi connectivity index (χ2n) is 4.64. The van der Waals surface area contributed by atoms with Crippen molar-refractivity contribution >= 4 is 5.57 Å². The van der Waals surface area contributed by atoms with Crippen LogP contribution in [0, 0.1) is 0 Å². The van der Waals surface area contributed by atoms with Crippen LogP contribution >= 0.6 is 0 Å². The maximum absolute atomic E-state index is 12.0. The Morgan fingerprint density at radius 1 is 1.16 bits per heavy atom. The lowest BCUT2D eigenvalue weighted by Gasteiger charge is -2.18. The average molecular weight is 249 g/mol. The molecule has 0 fully saturated rings. The Morgan fingerprint density at radius 3 is 3.00 bits per heavy atom. The summed E-state index contributed by atoms with van der Waals surface area (Å²) in [5.41, 5.74) is 3.76. The summed E-state index contributed by atoms with van der Waals surface area (Å²) in [6.45, 7) is 0. The lowest BCUT2D eigenvalue weighted by Crippen LogP contribution is -2.18. The van der Waals surface area contributed by atoms with Gasteiger partial charge in [-0.05, 0) is 18.6 Å². The zero-order valence-electron chi connectivity index (χ0n) is 10.2. The van der Waals surface area contributed by atoms with Crippen LogP contribution in [0.15, 0.2) is 59.7 Å². The molecule has 3 heteroatoms. The quantitative estimate of drug-likeness (QED) is 0.718. The minimum atomic E-state index is 0.0841. The van der Waals surface area contributed by atoms with Crippen molar-refractivity contribution in [1.29, 1.82) is 0 Å². The fourth-order valence-electron chi connectivity index (χ4n) is 2.65. The maximum Gasteiger partial charge on any atom is 0.185 e. The molecule has 4 rings (SSSR count). The van der Waals surface area contributed by atoms with E-state index < -0.39 is 0 Å². The van der Waals surface area contributed by atoms with Crippen LogP contribution in [0.3, 0.4) is 0 Å². The van der Waals surface area contributed by atoms with Crippen molar-refractivity contribution in [2.75, 3.05) is 0 Å². The Labute approximate surface area is 110 Å². The summed E-state index contributed by atoms with van der Waals surface area (Å²) in [6, 6.07) is 9.46. The molecule has 0 N–H and O–H groups in total. The first-order valence-corrected chi connectivity index (χ1v) is 6.22. The monoisotopic (exact) mass is 249 g/mol. The summed E-state index contributed by atoms with van der Waals surface area (Å²) in [4.78, 5) is 12.0. The van der Waals surface area contributed by atoms with E-state index in [0.29, 0.717) is 6.42 Å². The molecule has 1 aliphatic carbocycles. The van der Waals surface area contributed by atoms with Crippen molar-refractivity contribution in [1.82, 2.24) is 4.57 Å². The van der Waals surface area contributed by atoms with Gasteiger partial charge in [-0.15, -0.1) is 0 Å². The number of hydrogen-bond donors (Lipinski definition) is 0. The molecular weight excluding hydrogens is 238 g/mol. The van der Waals surface area contributed by atoms with E-state index in [1.807, 2.05) is 47.2 Å². The van der Waals surface area contributed by atoms with Crippen molar-refractivity contribution in [3.05, 3.63) is 76.4 Å². The Bertz CT molecular complexity index is 797. The fraction of sp³-hybridized carbons (Fsp3) is 0.0625. The topological polar surface area (TPSA) is 31.2 Å². The highest BCUT2D eigenvalue weighted by atomic mass is 16.5. The van der Waals surface area contributed by atoms with Crippen LogP contribution in [0.5, 0.6) is 5.75 Å². The Balaban J connectivity index is 2.15. The summed E-state index contributed by atoms with van der Waals surface area (Å²) in [5.74, 6) is 0.795. The third kappa shape index (κ3) is 1.41. The minimum absolute atomic E-state index is 0.0841. The molecule has 3 nitrogen and oxygen atoms in total. The van der Waals surface area contributed by atoms with Crippen LogP contribution < -0.4 is 10.2 Å². The summed E-state index contributed by atoms with van der Waals surface area (Å²) in [6.07, 6.45) is 8.22. The zero-order chi connectivity index (χ0) is 12.8. The molecule has 0 unspecified atom stereocenters. The van der Waals surface area contributed by atoms with Crippen LogP contribution in [-0.2, 0) is 6.42 Å². The standard InChI is InChI=1S/C16H11NO2/c18-14-8-9-17-13-6-1-2-7-15(13)19-10-11-4-3-5-12(14)16(11)17/h1-4,6-10H,5H2. The van der Waals surface area contributed by atoms with Gasteiger partial charge in [0.05, 0.1) is 11.4 Å². The molecule has 2 heterocycles. The highest BCUT2D eigenvalue weighted by Crippen LogP contribution is 2.33. The normalized spacial score (nSPS) is 14.8. The van der Waals surface area contributed by atoms with Gasteiger partial charge in [-0.2, -0.15) is 0 Å². The number of para-hydroxylation sites is 2. The molecule has 1 aromatic carbocycles. The second-order valence-corrected chi connectivity index (χ2v) is 4.64. The van der Waals surface area contributed by atoms with Crippen LogP contribution in [0.4, 0.5) is 0 Å². The van der Waals surface area contributed by atoms with Gasteiger partial charge in [0.2, 0.25) is 0 Å². The average Bonchev–Trinajstić information content (AvgIpc) is 2.62. The van der Waals surface area contributed by atoms with Crippen molar-refractivity contribution < 1.29 is 4.74 Å². The first-order chi connectivity index (χ1) is 9.34. The zero-order valence-corrected chi connectivity index (χ0v) is 10.2. The van der Waals surface area contributed by atoms with Gasteiger partial charge in [0, 0.05) is 23.4 Å². The third-order valence-electron chi connectivity index (χ3n) is 3.53.